The van der Waals surface area contributed by atoms with Crippen LogP contribution in [-0.4, -0.2) is 51.4 Å². The van der Waals surface area contributed by atoms with Crippen LogP contribution in [0.5, 0.6) is 0 Å². The highest BCUT2D eigenvalue weighted by Crippen LogP contribution is 2.32. The fourth-order valence-corrected chi connectivity index (χ4v) is 3.32. The van der Waals surface area contributed by atoms with Gasteiger partial charge in [-0.3, -0.25) is 4.90 Å². The lowest BCUT2D eigenvalue weighted by Gasteiger charge is -2.32. The van der Waals surface area contributed by atoms with Gasteiger partial charge >= 0.3 is 0 Å². The largest absolute Gasteiger partial charge is 0.459 e. The predicted octanol–water partition coefficient (Wildman–Crippen LogP) is 2.64. The maximum Gasteiger partial charge on any atom is 0.176 e. The molecule has 3 aromatic rings. The number of benzene rings is 1. The zero-order valence-corrected chi connectivity index (χ0v) is 14.5. The molecule has 0 bridgehead atoms. The second-order valence-electron chi connectivity index (χ2n) is 6.35. The predicted molar refractivity (Wildman–Crippen MR) is 93.2 cm³/mol. The molecule has 1 atom stereocenters. The molecule has 0 amide bonds. The van der Waals surface area contributed by atoms with E-state index in [-0.39, 0.29) is 6.04 Å². The number of morpholine rings is 1. The van der Waals surface area contributed by atoms with Gasteiger partial charge in [-0.15, -0.1) is 5.10 Å². The number of aryl methyl sites for hydroxylation is 1. The summed E-state index contributed by atoms with van der Waals surface area (Å²) < 4.78 is 13.6. The highest BCUT2D eigenvalue weighted by atomic mass is 16.5. The Morgan fingerprint density at radius 1 is 1.20 bits per heavy atom. The Kier molecular flexibility index (Phi) is 4.76. The Labute approximate surface area is 146 Å². The number of rotatable bonds is 6. The van der Waals surface area contributed by atoms with Gasteiger partial charge < -0.3 is 9.15 Å². The molecular weight excluding hydrogens is 318 g/mol. The topological polar surface area (TPSA) is 69.2 Å². The van der Waals surface area contributed by atoms with Gasteiger partial charge in [0.25, 0.3) is 0 Å². The van der Waals surface area contributed by atoms with E-state index in [1.165, 1.54) is 0 Å². The molecule has 7 heteroatoms. The van der Waals surface area contributed by atoms with E-state index in [1.807, 2.05) is 22.9 Å². The molecule has 0 spiro atoms. The minimum absolute atomic E-state index is 0.0943. The van der Waals surface area contributed by atoms with Crippen LogP contribution in [-0.2, 0) is 11.3 Å². The second kappa shape index (κ2) is 7.33. The number of tetrazole rings is 1. The third-order valence-corrected chi connectivity index (χ3v) is 4.65. The van der Waals surface area contributed by atoms with Crippen LogP contribution < -0.4 is 0 Å². The summed E-state index contributed by atoms with van der Waals surface area (Å²) in [5.41, 5.74) is 0.892. The first-order valence-electron chi connectivity index (χ1n) is 8.93. The van der Waals surface area contributed by atoms with E-state index < -0.39 is 0 Å². The number of ether oxygens (including phenoxy) is 1. The van der Waals surface area contributed by atoms with Gasteiger partial charge in [-0.2, -0.15) is 0 Å². The summed E-state index contributed by atoms with van der Waals surface area (Å²) in [6, 6.07) is 10.1. The molecule has 3 heterocycles. The number of fused-ring (bicyclic) bond motifs is 1. The Morgan fingerprint density at radius 2 is 2.04 bits per heavy atom. The van der Waals surface area contributed by atoms with E-state index >= 15 is 0 Å². The van der Waals surface area contributed by atoms with Gasteiger partial charge in [0.1, 0.15) is 17.4 Å². The molecule has 1 saturated heterocycles. The van der Waals surface area contributed by atoms with Crippen molar-refractivity contribution in [1.82, 2.24) is 25.1 Å². The molecule has 1 aliphatic rings. The Hall–Kier alpha value is -2.25. The number of furan rings is 1. The lowest BCUT2D eigenvalue weighted by molar-refractivity contribution is 0.0179. The lowest BCUT2D eigenvalue weighted by Crippen LogP contribution is -2.40. The molecule has 0 N–H and O–H groups in total. The average Bonchev–Trinajstić information content (AvgIpc) is 3.28. The van der Waals surface area contributed by atoms with Gasteiger partial charge in [0, 0.05) is 25.0 Å². The van der Waals surface area contributed by atoms with Crippen molar-refractivity contribution in [2.75, 3.05) is 26.3 Å². The van der Waals surface area contributed by atoms with Gasteiger partial charge in [0.15, 0.2) is 5.82 Å². The molecule has 4 rings (SSSR count). The number of nitrogens with zero attached hydrogens (tertiary/aromatic N) is 5. The Balaban J connectivity index is 1.75. The van der Waals surface area contributed by atoms with Gasteiger partial charge in [0.05, 0.1) is 13.2 Å². The van der Waals surface area contributed by atoms with E-state index in [0.717, 1.165) is 55.0 Å². The maximum atomic E-state index is 6.18. The van der Waals surface area contributed by atoms with Gasteiger partial charge in [0.2, 0.25) is 0 Å². The molecule has 0 aliphatic carbocycles. The third kappa shape index (κ3) is 3.29. The van der Waals surface area contributed by atoms with Crippen molar-refractivity contribution in [2.24, 2.45) is 0 Å². The van der Waals surface area contributed by atoms with E-state index in [4.69, 9.17) is 9.15 Å². The quantitative estimate of drug-likeness (QED) is 0.686. The van der Waals surface area contributed by atoms with Crippen molar-refractivity contribution in [3.05, 3.63) is 41.9 Å². The molecule has 25 heavy (non-hydrogen) atoms. The van der Waals surface area contributed by atoms with Crippen LogP contribution >= 0.6 is 0 Å². The van der Waals surface area contributed by atoms with Crippen molar-refractivity contribution >= 4 is 11.0 Å². The SMILES string of the molecule is CCCCn1nnnc1C(c1cc2ccccc2o1)N1CCOCC1. The zero-order chi connectivity index (χ0) is 17.1. The molecule has 7 nitrogen and oxygen atoms in total. The number of aromatic nitrogens is 4. The van der Waals surface area contributed by atoms with Gasteiger partial charge in [-0.05, 0) is 29.0 Å². The number of hydrogen-bond donors (Lipinski definition) is 0. The van der Waals surface area contributed by atoms with Crippen LogP contribution in [0.15, 0.2) is 34.7 Å². The monoisotopic (exact) mass is 341 g/mol. The molecular formula is C18H23N5O2. The minimum Gasteiger partial charge on any atom is -0.459 e. The van der Waals surface area contributed by atoms with Crippen molar-refractivity contribution < 1.29 is 9.15 Å². The fraction of sp³-hybridized carbons (Fsp3) is 0.500. The van der Waals surface area contributed by atoms with Crippen LogP contribution in [0.4, 0.5) is 0 Å². The van der Waals surface area contributed by atoms with Crippen LogP contribution in [0.1, 0.15) is 37.4 Å². The highest BCUT2D eigenvalue weighted by molar-refractivity contribution is 5.77. The highest BCUT2D eigenvalue weighted by Gasteiger charge is 2.31. The van der Waals surface area contributed by atoms with Gasteiger partial charge in [-0.1, -0.05) is 31.5 Å². The molecule has 2 aromatic heterocycles. The first-order chi connectivity index (χ1) is 12.4. The Morgan fingerprint density at radius 3 is 2.84 bits per heavy atom. The molecule has 0 saturated carbocycles. The van der Waals surface area contributed by atoms with Crippen molar-refractivity contribution in [2.45, 2.75) is 32.4 Å². The standard InChI is InChI=1S/C18H23N5O2/c1-2-3-8-23-18(19-20-21-23)17(22-9-11-24-12-10-22)16-13-14-6-4-5-7-15(14)25-16/h4-7,13,17H,2-3,8-12H2,1H3. The van der Waals surface area contributed by atoms with Crippen molar-refractivity contribution in [1.29, 1.82) is 0 Å². The Bertz CT molecular complexity index is 789. The zero-order valence-electron chi connectivity index (χ0n) is 14.5. The molecule has 1 fully saturated rings. The van der Waals surface area contributed by atoms with Crippen molar-refractivity contribution in [3.8, 4) is 0 Å². The summed E-state index contributed by atoms with van der Waals surface area (Å²) in [6.45, 7) is 6.09. The first kappa shape index (κ1) is 16.2. The first-order valence-corrected chi connectivity index (χ1v) is 8.93. The number of hydrogen-bond acceptors (Lipinski definition) is 6. The third-order valence-electron chi connectivity index (χ3n) is 4.65. The van der Waals surface area contributed by atoms with Crippen LogP contribution in [0.2, 0.25) is 0 Å². The van der Waals surface area contributed by atoms with Crippen LogP contribution in [0.3, 0.4) is 0 Å². The normalized spacial score (nSPS) is 17.2. The smallest absolute Gasteiger partial charge is 0.176 e. The fourth-order valence-electron chi connectivity index (χ4n) is 3.32. The summed E-state index contributed by atoms with van der Waals surface area (Å²) >= 11 is 0. The molecule has 1 aliphatic heterocycles. The molecule has 0 radical (unpaired) electrons. The molecule has 1 aromatic carbocycles. The summed E-state index contributed by atoms with van der Waals surface area (Å²) in [7, 11) is 0. The summed E-state index contributed by atoms with van der Waals surface area (Å²) in [6.07, 6.45) is 2.15. The minimum atomic E-state index is -0.0943. The summed E-state index contributed by atoms with van der Waals surface area (Å²) in [4.78, 5) is 2.34. The lowest BCUT2D eigenvalue weighted by atomic mass is 10.1. The number of unbranched alkanes of at least 4 members (excludes halogenated alkanes) is 1. The maximum absolute atomic E-state index is 6.18. The van der Waals surface area contributed by atoms with E-state index in [9.17, 15) is 0 Å². The molecule has 1 unspecified atom stereocenters. The second-order valence-corrected chi connectivity index (χ2v) is 6.35. The summed E-state index contributed by atoms with van der Waals surface area (Å²) in [5.74, 6) is 1.73. The van der Waals surface area contributed by atoms with Crippen LogP contribution in [0, 0.1) is 0 Å². The van der Waals surface area contributed by atoms with Gasteiger partial charge in [-0.25, -0.2) is 4.68 Å². The van der Waals surface area contributed by atoms with Crippen molar-refractivity contribution in [3.63, 3.8) is 0 Å². The van der Waals surface area contributed by atoms with Crippen LogP contribution in [0.25, 0.3) is 11.0 Å². The molecule has 132 valence electrons. The number of para-hydroxylation sites is 1. The van der Waals surface area contributed by atoms with E-state index in [0.29, 0.717) is 13.2 Å². The van der Waals surface area contributed by atoms with E-state index in [1.54, 1.807) is 0 Å². The summed E-state index contributed by atoms with van der Waals surface area (Å²) in [5, 5.41) is 13.6. The average molecular weight is 341 g/mol. The van der Waals surface area contributed by atoms with E-state index in [2.05, 4.69) is 39.5 Å².